The van der Waals surface area contributed by atoms with Crippen LogP contribution in [-0.2, 0) is 17.6 Å². The Balaban J connectivity index is 1.39. The number of para-hydroxylation sites is 2. The predicted molar refractivity (Wildman–Crippen MR) is 99.8 cm³/mol. The van der Waals surface area contributed by atoms with Crippen molar-refractivity contribution in [3.8, 4) is 0 Å². The van der Waals surface area contributed by atoms with E-state index in [1.54, 1.807) is 12.1 Å². The highest BCUT2D eigenvalue weighted by molar-refractivity contribution is 9.10. The Morgan fingerprint density at radius 3 is 2.84 bits per heavy atom. The Morgan fingerprint density at radius 1 is 1.20 bits per heavy atom. The molecule has 0 fully saturated rings. The number of benzene rings is 2. The number of nitrogens with zero attached hydrogens (tertiary/aromatic N) is 1. The van der Waals surface area contributed by atoms with E-state index in [4.69, 9.17) is 0 Å². The summed E-state index contributed by atoms with van der Waals surface area (Å²) in [6.45, 7) is 0.582. The Bertz CT molecular complexity index is 845. The number of halogens is 2. The fourth-order valence-electron chi connectivity index (χ4n) is 2.67. The fourth-order valence-corrected chi connectivity index (χ4v) is 3.00. The van der Waals surface area contributed by atoms with Gasteiger partial charge in [0.2, 0.25) is 5.91 Å². The fraction of sp³-hybridized carbons (Fsp3) is 0.263. The minimum absolute atomic E-state index is 0.0630. The average molecular weight is 404 g/mol. The smallest absolute Gasteiger partial charge is 0.220 e. The van der Waals surface area contributed by atoms with Crippen LogP contribution in [0.25, 0.3) is 11.0 Å². The van der Waals surface area contributed by atoms with Crippen LogP contribution < -0.4 is 5.32 Å². The third-order valence-corrected chi connectivity index (χ3v) is 4.48. The molecule has 3 rings (SSSR count). The molecule has 0 radical (unpaired) electrons. The summed E-state index contributed by atoms with van der Waals surface area (Å²) in [7, 11) is 0. The number of carbonyl (C=O) groups is 1. The van der Waals surface area contributed by atoms with Crippen LogP contribution in [0.15, 0.2) is 46.9 Å². The highest BCUT2D eigenvalue weighted by Crippen LogP contribution is 2.16. The van der Waals surface area contributed by atoms with E-state index in [0.29, 0.717) is 23.0 Å². The lowest BCUT2D eigenvalue weighted by Crippen LogP contribution is -2.25. The van der Waals surface area contributed by atoms with Crippen LogP contribution in [0.4, 0.5) is 4.39 Å². The number of nitrogens with one attached hydrogen (secondary N) is 2. The van der Waals surface area contributed by atoms with Gasteiger partial charge in [0.15, 0.2) is 0 Å². The van der Waals surface area contributed by atoms with E-state index in [1.807, 2.05) is 24.3 Å². The molecule has 0 saturated carbocycles. The molecule has 1 heterocycles. The van der Waals surface area contributed by atoms with Crippen molar-refractivity contribution in [3.63, 3.8) is 0 Å². The van der Waals surface area contributed by atoms with E-state index < -0.39 is 0 Å². The van der Waals surface area contributed by atoms with E-state index in [2.05, 4.69) is 31.2 Å². The Kier molecular flexibility index (Phi) is 5.81. The Morgan fingerprint density at radius 2 is 2.04 bits per heavy atom. The topological polar surface area (TPSA) is 57.8 Å². The summed E-state index contributed by atoms with van der Waals surface area (Å²) in [6.07, 6.45) is 2.26. The molecule has 6 heteroatoms. The highest BCUT2D eigenvalue weighted by Gasteiger charge is 2.07. The van der Waals surface area contributed by atoms with Crippen molar-refractivity contribution < 1.29 is 9.18 Å². The van der Waals surface area contributed by atoms with Gasteiger partial charge in [0, 0.05) is 23.9 Å². The lowest BCUT2D eigenvalue weighted by atomic mass is 10.1. The summed E-state index contributed by atoms with van der Waals surface area (Å²) in [5, 5.41) is 2.88. The number of hydrogen-bond donors (Lipinski definition) is 2. The molecule has 2 N–H and O–H groups in total. The summed E-state index contributed by atoms with van der Waals surface area (Å²) in [4.78, 5) is 19.7. The largest absolute Gasteiger partial charge is 0.356 e. The second-order valence-corrected chi connectivity index (χ2v) is 6.81. The summed E-state index contributed by atoms with van der Waals surface area (Å²) in [5.41, 5.74) is 2.54. The molecule has 0 aliphatic heterocycles. The van der Waals surface area contributed by atoms with E-state index in [9.17, 15) is 9.18 Å². The molecule has 0 saturated heterocycles. The van der Waals surface area contributed by atoms with Gasteiger partial charge in [-0.2, -0.15) is 0 Å². The van der Waals surface area contributed by atoms with Gasteiger partial charge in [0.05, 0.1) is 11.0 Å². The van der Waals surface area contributed by atoms with Crippen LogP contribution in [0.5, 0.6) is 0 Å². The molecule has 0 unspecified atom stereocenters. The number of hydrogen-bond acceptors (Lipinski definition) is 2. The first-order valence-corrected chi connectivity index (χ1v) is 9.05. The molecular weight excluding hydrogens is 385 g/mol. The molecule has 0 aliphatic carbocycles. The number of aromatic amines is 1. The molecule has 130 valence electrons. The first kappa shape index (κ1) is 17.6. The SMILES string of the molecule is O=C(CCc1ccc(Br)cc1F)NCCCc1nc2ccccc2[nH]1. The first-order chi connectivity index (χ1) is 12.1. The van der Waals surface area contributed by atoms with Crippen LogP contribution in [0.1, 0.15) is 24.2 Å². The second kappa shape index (κ2) is 8.25. The number of imidazole rings is 1. The van der Waals surface area contributed by atoms with E-state index in [0.717, 1.165) is 29.7 Å². The van der Waals surface area contributed by atoms with Crippen molar-refractivity contribution in [1.82, 2.24) is 15.3 Å². The number of fused-ring (bicyclic) bond motifs is 1. The summed E-state index contributed by atoms with van der Waals surface area (Å²) < 4.78 is 14.4. The van der Waals surface area contributed by atoms with Crippen LogP contribution in [-0.4, -0.2) is 22.4 Å². The summed E-state index contributed by atoms with van der Waals surface area (Å²) >= 11 is 3.22. The number of carbonyl (C=O) groups excluding carboxylic acids is 1. The third-order valence-electron chi connectivity index (χ3n) is 3.99. The van der Waals surface area contributed by atoms with Crippen molar-refractivity contribution in [2.75, 3.05) is 6.54 Å². The van der Waals surface area contributed by atoms with Crippen molar-refractivity contribution >= 4 is 32.9 Å². The van der Waals surface area contributed by atoms with Gasteiger partial charge in [-0.05, 0) is 42.7 Å². The number of amides is 1. The van der Waals surface area contributed by atoms with E-state index >= 15 is 0 Å². The molecule has 1 amide bonds. The van der Waals surface area contributed by atoms with Gasteiger partial charge in [-0.15, -0.1) is 0 Å². The van der Waals surface area contributed by atoms with Crippen molar-refractivity contribution in [2.24, 2.45) is 0 Å². The minimum Gasteiger partial charge on any atom is -0.356 e. The second-order valence-electron chi connectivity index (χ2n) is 5.89. The predicted octanol–water partition coefficient (Wildman–Crippen LogP) is 4.15. The van der Waals surface area contributed by atoms with Crippen molar-refractivity contribution in [2.45, 2.75) is 25.7 Å². The number of rotatable bonds is 7. The van der Waals surface area contributed by atoms with Gasteiger partial charge in [0.25, 0.3) is 0 Å². The molecule has 0 atom stereocenters. The number of aryl methyl sites for hydroxylation is 2. The maximum absolute atomic E-state index is 13.7. The minimum atomic E-state index is -0.285. The van der Waals surface area contributed by atoms with Crippen molar-refractivity contribution in [1.29, 1.82) is 0 Å². The zero-order valence-electron chi connectivity index (χ0n) is 13.7. The molecule has 0 spiro atoms. The monoisotopic (exact) mass is 403 g/mol. The lowest BCUT2D eigenvalue weighted by molar-refractivity contribution is -0.121. The zero-order chi connectivity index (χ0) is 17.6. The van der Waals surface area contributed by atoms with E-state index in [1.165, 1.54) is 6.07 Å². The average Bonchev–Trinajstić information content (AvgIpc) is 3.01. The third kappa shape index (κ3) is 4.89. The van der Waals surface area contributed by atoms with Crippen LogP contribution in [0, 0.1) is 5.82 Å². The standard InChI is InChI=1S/C19H19BrFN3O/c20-14-9-7-13(15(21)12-14)8-10-19(25)22-11-3-6-18-23-16-4-1-2-5-17(16)24-18/h1-2,4-5,7,9,12H,3,6,8,10-11H2,(H,22,25)(H,23,24). The quantitative estimate of drug-likeness (QED) is 0.582. The molecule has 0 bridgehead atoms. The number of aromatic nitrogens is 2. The summed E-state index contributed by atoms with van der Waals surface area (Å²) in [6, 6.07) is 12.8. The first-order valence-electron chi connectivity index (χ1n) is 8.26. The highest BCUT2D eigenvalue weighted by atomic mass is 79.9. The van der Waals surface area contributed by atoms with Crippen LogP contribution in [0.2, 0.25) is 0 Å². The lowest BCUT2D eigenvalue weighted by Gasteiger charge is -2.06. The van der Waals surface area contributed by atoms with Crippen molar-refractivity contribution in [3.05, 3.63) is 64.1 Å². The Hall–Kier alpha value is -2.21. The molecule has 2 aromatic carbocycles. The zero-order valence-corrected chi connectivity index (χ0v) is 15.3. The van der Waals surface area contributed by atoms with Crippen LogP contribution in [0.3, 0.4) is 0 Å². The van der Waals surface area contributed by atoms with Gasteiger partial charge in [-0.25, -0.2) is 9.37 Å². The molecule has 1 aromatic heterocycles. The van der Waals surface area contributed by atoms with Gasteiger partial charge in [-0.1, -0.05) is 34.1 Å². The normalized spacial score (nSPS) is 11.0. The molecule has 0 aliphatic rings. The maximum Gasteiger partial charge on any atom is 0.220 e. The number of H-pyrrole nitrogens is 1. The molecule has 3 aromatic rings. The van der Waals surface area contributed by atoms with Crippen LogP contribution >= 0.6 is 15.9 Å². The molecule has 4 nitrogen and oxygen atoms in total. The van der Waals surface area contributed by atoms with Gasteiger partial charge in [-0.3, -0.25) is 4.79 Å². The summed E-state index contributed by atoms with van der Waals surface area (Å²) in [5.74, 6) is 0.575. The molecular formula is C19H19BrFN3O. The molecule has 25 heavy (non-hydrogen) atoms. The Labute approximate surface area is 154 Å². The maximum atomic E-state index is 13.7. The van der Waals surface area contributed by atoms with Gasteiger partial charge >= 0.3 is 0 Å². The van der Waals surface area contributed by atoms with Gasteiger partial charge < -0.3 is 10.3 Å². The van der Waals surface area contributed by atoms with E-state index in [-0.39, 0.29) is 18.1 Å². The van der Waals surface area contributed by atoms with Gasteiger partial charge in [0.1, 0.15) is 11.6 Å².